The van der Waals surface area contributed by atoms with E-state index in [1.807, 2.05) is 24.3 Å². The van der Waals surface area contributed by atoms with Crippen LogP contribution in [0.5, 0.6) is 0 Å². The smallest absolute Gasteiger partial charge is 0.314 e. The van der Waals surface area contributed by atoms with E-state index < -0.39 is 17.0 Å². The van der Waals surface area contributed by atoms with Crippen LogP contribution in [0, 0.1) is 0 Å². The van der Waals surface area contributed by atoms with Crippen molar-refractivity contribution in [2.45, 2.75) is 44.1 Å². The summed E-state index contributed by atoms with van der Waals surface area (Å²) < 4.78 is 0. The molecule has 2 rings (SSSR count). The normalized spacial score (nSPS) is 17.8. The van der Waals surface area contributed by atoms with E-state index in [9.17, 15) is 15.0 Å². The number of hydrogen-bond donors (Lipinski definition) is 2. The van der Waals surface area contributed by atoms with Gasteiger partial charge in [-0.2, -0.15) is 0 Å². The summed E-state index contributed by atoms with van der Waals surface area (Å²) in [5.41, 5.74) is 0.433. The molecule has 0 atom stereocenters. The third-order valence-electron chi connectivity index (χ3n) is 3.28. The summed E-state index contributed by atoms with van der Waals surface area (Å²) >= 11 is 0. The molecule has 0 radical (unpaired) electrons. The Morgan fingerprint density at radius 1 is 1.41 bits per heavy atom. The number of carboxylic acids is 1. The number of aliphatic hydroxyl groups is 1. The lowest BCUT2D eigenvalue weighted by atomic mass is 9.91. The van der Waals surface area contributed by atoms with E-state index in [0.29, 0.717) is 19.3 Å². The number of hydrogen-bond acceptors (Lipinski definition) is 2. The highest BCUT2D eigenvalue weighted by molar-refractivity contribution is 5.84. The van der Waals surface area contributed by atoms with E-state index in [-0.39, 0.29) is 0 Å². The molecular weight excluding hydrogens is 216 g/mol. The monoisotopic (exact) mass is 234 g/mol. The van der Waals surface area contributed by atoms with Crippen molar-refractivity contribution in [3.63, 3.8) is 0 Å². The number of rotatable bonds is 4. The number of aliphatic carboxylic acids is 1. The van der Waals surface area contributed by atoms with Crippen LogP contribution < -0.4 is 0 Å². The maximum Gasteiger partial charge on any atom is 0.314 e. The minimum Gasteiger partial charge on any atom is -0.481 e. The van der Waals surface area contributed by atoms with Crippen LogP contribution in [0.2, 0.25) is 0 Å². The van der Waals surface area contributed by atoms with Gasteiger partial charge in [-0.3, -0.25) is 4.79 Å². The van der Waals surface area contributed by atoms with Crippen molar-refractivity contribution in [3.8, 4) is 0 Å². The molecule has 0 bridgehead atoms. The molecule has 1 aromatic carbocycles. The molecule has 1 aliphatic carbocycles. The van der Waals surface area contributed by atoms with Gasteiger partial charge in [-0.15, -0.1) is 0 Å². The van der Waals surface area contributed by atoms with E-state index in [1.54, 1.807) is 13.8 Å². The molecule has 1 aromatic rings. The molecule has 1 aliphatic rings. The Balaban J connectivity index is 2.27. The van der Waals surface area contributed by atoms with Crippen LogP contribution in [0.1, 0.15) is 37.8 Å². The van der Waals surface area contributed by atoms with Gasteiger partial charge >= 0.3 is 5.97 Å². The molecule has 0 amide bonds. The van der Waals surface area contributed by atoms with Crippen LogP contribution in [-0.2, 0) is 16.6 Å². The summed E-state index contributed by atoms with van der Waals surface area (Å²) in [5, 5.41) is 19.0. The second-order valence-electron chi connectivity index (χ2n) is 5.58. The summed E-state index contributed by atoms with van der Waals surface area (Å²) in [6.07, 6.45) is 1.97. The number of carbonyl (C=O) groups is 1. The largest absolute Gasteiger partial charge is 0.481 e. The van der Waals surface area contributed by atoms with Gasteiger partial charge in [-0.05, 0) is 37.8 Å². The van der Waals surface area contributed by atoms with Gasteiger partial charge in [0.15, 0.2) is 0 Å². The third-order valence-corrected chi connectivity index (χ3v) is 3.28. The van der Waals surface area contributed by atoms with Gasteiger partial charge in [0.2, 0.25) is 0 Å². The molecule has 3 nitrogen and oxygen atoms in total. The molecule has 0 spiro atoms. The van der Waals surface area contributed by atoms with Crippen LogP contribution in [0.15, 0.2) is 24.3 Å². The first-order valence-electron chi connectivity index (χ1n) is 5.89. The van der Waals surface area contributed by atoms with Crippen LogP contribution in [0.4, 0.5) is 0 Å². The number of benzene rings is 1. The first kappa shape index (κ1) is 12.1. The molecule has 92 valence electrons. The fourth-order valence-electron chi connectivity index (χ4n) is 2.23. The first-order chi connectivity index (χ1) is 7.83. The highest BCUT2D eigenvalue weighted by atomic mass is 16.4. The summed E-state index contributed by atoms with van der Waals surface area (Å²) in [5.74, 6) is -0.738. The van der Waals surface area contributed by atoms with Crippen LogP contribution in [0.25, 0.3) is 0 Å². The van der Waals surface area contributed by atoms with E-state index >= 15 is 0 Å². The SMILES string of the molecule is CC(C)(O)Cc1cccc(C2(C(=O)O)CC2)c1. The lowest BCUT2D eigenvalue weighted by Gasteiger charge is -2.18. The molecule has 0 aliphatic heterocycles. The van der Waals surface area contributed by atoms with Crippen molar-refractivity contribution in [1.29, 1.82) is 0 Å². The van der Waals surface area contributed by atoms with E-state index in [4.69, 9.17) is 0 Å². The summed E-state index contributed by atoms with van der Waals surface area (Å²) in [6.45, 7) is 3.51. The van der Waals surface area contributed by atoms with Crippen molar-refractivity contribution in [2.75, 3.05) is 0 Å². The zero-order valence-electron chi connectivity index (χ0n) is 10.2. The number of carboxylic acid groups (broad SMARTS) is 1. The lowest BCUT2D eigenvalue weighted by molar-refractivity contribution is -0.140. The minimum atomic E-state index is -0.765. The van der Waals surface area contributed by atoms with Gasteiger partial charge in [-0.1, -0.05) is 24.3 Å². The Morgan fingerprint density at radius 2 is 2.06 bits per heavy atom. The fourth-order valence-corrected chi connectivity index (χ4v) is 2.23. The summed E-state index contributed by atoms with van der Waals surface area (Å²) in [4.78, 5) is 11.2. The Kier molecular flexibility index (Phi) is 2.74. The standard InChI is InChI=1S/C14H18O3/c1-13(2,17)9-10-4-3-5-11(8-10)14(6-7-14)12(15)16/h3-5,8,17H,6-7,9H2,1-2H3,(H,15,16). The predicted molar refractivity (Wildman–Crippen MR) is 65.0 cm³/mol. The van der Waals surface area contributed by atoms with Crippen molar-refractivity contribution < 1.29 is 15.0 Å². The van der Waals surface area contributed by atoms with E-state index in [2.05, 4.69) is 0 Å². The molecule has 3 heteroatoms. The molecule has 2 N–H and O–H groups in total. The fraction of sp³-hybridized carbons (Fsp3) is 0.500. The molecule has 0 aromatic heterocycles. The van der Waals surface area contributed by atoms with Crippen LogP contribution >= 0.6 is 0 Å². The Morgan fingerprint density at radius 3 is 2.53 bits per heavy atom. The molecule has 0 saturated heterocycles. The minimum absolute atomic E-state index is 0.538. The maximum absolute atomic E-state index is 11.2. The average Bonchev–Trinajstić information content (AvgIpc) is 2.95. The van der Waals surface area contributed by atoms with Crippen LogP contribution in [-0.4, -0.2) is 21.8 Å². The predicted octanol–water partition coefficient (Wildman–Crippen LogP) is 2.12. The molecular formula is C14H18O3. The molecule has 0 unspecified atom stereocenters. The van der Waals surface area contributed by atoms with Crippen molar-refractivity contribution >= 4 is 5.97 Å². The second kappa shape index (κ2) is 3.84. The summed E-state index contributed by atoms with van der Waals surface area (Å²) in [7, 11) is 0. The first-order valence-corrected chi connectivity index (χ1v) is 5.89. The molecule has 1 saturated carbocycles. The van der Waals surface area contributed by atoms with Crippen molar-refractivity contribution in [1.82, 2.24) is 0 Å². The van der Waals surface area contributed by atoms with E-state index in [1.165, 1.54) is 0 Å². The van der Waals surface area contributed by atoms with Gasteiger partial charge < -0.3 is 10.2 Å². The molecule has 1 fully saturated rings. The highest BCUT2D eigenvalue weighted by Gasteiger charge is 2.51. The lowest BCUT2D eigenvalue weighted by Crippen LogP contribution is -2.23. The Labute approximate surface area is 101 Å². The average molecular weight is 234 g/mol. The Bertz CT molecular complexity index is 439. The topological polar surface area (TPSA) is 57.5 Å². The quantitative estimate of drug-likeness (QED) is 0.839. The third kappa shape index (κ3) is 2.50. The van der Waals surface area contributed by atoms with Crippen molar-refractivity contribution in [2.24, 2.45) is 0 Å². The van der Waals surface area contributed by atoms with Gasteiger partial charge in [0.25, 0.3) is 0 Å². The van der Waals surface area contributed by atoms with Crippen LogP contribution in [0.3, 0.4) is 0 Å². The van der Waals surface area contributed by atoms with Gasteiger partial charge in [-0.25, -0.2) is 0 Å². The molecule has 0 heterocycles. The summed E-state index contributed by atoms with van der Waals surface area (Å²) in [6, 6.07) is 7.59. The zero-order chi connectivity index (χ0) is 12.7. The van der Waals surface area contributed by atoms with Gasteiger partial charge in [0.05, 0.1) is 11.0 Å². The highest BCUT2D eigenvalue weighted by Crippen LogP contribution is 2.48. The van der Waals surface area contributed by atoms with E-state index in [0.717, 1.165) is 11.1 Å². The van der Waals surface area contributed by atoms with Gasteiger partial charge in [0.1, 0.15) is 0 Å². The van der Waals surface area contributed by atoms with Crippen molar-refractivity contribution in [3.05, 3.63) is 35.4 Å². The van der Waals surface area contributed by atoms with Gasteiger partial charge in [0, 0.05) is 6.42 Å². The second-order valence-corrected chi connectivity index (χ2v) is 5.58. The molecule has 17 heavy (non-hydrogen) atoms. The maximum atomic E-state index is 11.2. The Hall–Kier alpha value is -1.35. The zero-order valence-corrected chi connectivity index (χ0v) is 10.2.